The second kappa shape index (κ2) is 12.3. The molecule has 170 valence electrons. The van der Waals surface area contributed by atoms with Crippen LogP contribution in [0, 0.1) is 0 Å². The van der Waals surface area contributed by atoms with Crippen molar-refractivity contribution in [3.05, 3.63) is 41.1 Å². The highest BCUT2D eigenvalue weighted by Crippen LogP contribution is 2.40. The van der Waals surface area contributed by atoms with E-state index in [1.807, 2.05) is 50.1 Å². The van der Waals surface area contributed by atoms with Crippen molar-refractivity contribution in [3.8, 4) is 11.5 Å². The monoisotopic (exact) mass is 426 g/mol. The van der Waals surface area contributed by atoms with E-state index < -0.39 is 0 Å². The van der Waals surface area contributed by atoms with E-state index in [1.165, 1.54) is 18.4 Å². The van der Waals surface area contributed by atoms with Gasteiger partial charge in [0.2, 0.25) is 0 Å². The van der Waals surface area contributed by atoms with Crippen molar-refractivity contribution in [1.29, 1.82) is 0 Å². The van der Waals surface area contributed by atoms with E-state index in [0.29, 0.717) is 29.4 Å². The third-order valence-corrected chi connectivity index (χ3v) is 5.53. The summed E-state index contributed by atoms with van der Waals surface area (Å²) < 4.78 is 11.5. The van der Waals surface area contributed by atoms with Crippen LogP contribution in [0.1, 0.15) is 83.5 Å². The summed E-state index contributed by atoms with van der Waals surface area (Å²) in [7, 11) is 1.61. The molecule has 0 unspecified atom stereocenters. The van der Waals surface area contributed by atoms with Crippen molar-refractivity contribution in [2.24, 2.45) is 4.99 Å². The first-order valence-corrected chi connectivity index (χ1v) is 11.7. The Morgan fingerprint density at radius 3 is 2.58 bits per heavy atom. The van der Waals surface area contributed by atoms with Crippen LogP contribution in [0.2, 0.25) is 0 Å². The van der Waals surface area contributed by atoms with E-state index in [4.69, 9.17) is 9.47 Å². The van der Waals surface area contributed by atoms with Gasteiger partial charge in [0.15, 0.2) is 11.5 Å². The number of benzene rings is 1. The average molecular weight is 427 g/mol. The lowest BCUT2D eigenvalue weighted by molar-refractivity contribution is 0.0806. The van der Waals surface area contributed by atoms with Crippen LogP contribution >= 0.6 is 0 Å². The first-order valence-electron chi connectivity index (χ1n) is 11.7. The predicted octanol–water partition coefficient (Wildman–Crippen LogP) is 6.85. The van der Waals surface area contributed by atoms with Gasteiger partial charge in [-0.1, -0.05) is 53.0 Å². The van der Waals surface area contributed by atoms with Crippen molar-refractivity contribution >= 4 is 17.8 Å². The predicted molar refractivity (Wildman–Crippen MR) is 129 cm³/mol. The maximum atomic E-state index is 13.5. The second-order valence-corrected chi connectivity index (χ2v) is 7.50. The van der Waals surface area contributed by atoms with Gasteiger partial charge in [0, 0.05) is 18.0 Å². The van der Waals surface area contributed by atoms with Crippen LogP contribution in [0.25, 0.3) is 0 Å². The fraction of sp³-hybridized carbons (Fsp3) is 0.538. The van der Waals surface area contributed by atoms with Gasteiger partial charge < -0.3 is 9.47 Å². The zero-order chi connectivity index (χ0) is 22.8. The Labute approximate surface area is 187 Å². The Kier molecular flexibility index (Phi) is 9.83. The van der Waals surface area contributed by atoms with Gasteiger partial charge >= 0.3 is 0 Å². The molecule has 5 nitrogen and oxygen atoms in total. The summed E-state index contributed by atoms with van der Waals surface area (Å²) in [5.41, 5.74) is 3.49. The van der Waals surface area contributed by atoms with Crippen molar-refractivity contribution in [2.75, 3.05) is 13.7 Å². The van der Waals surface area contributed by atoms with Crippen LogP contribution in [0.15, 0.2) is 40.5 Å². The van der Waals surface area contributed by atoms with Crippen LogP contribution in [-0.4, -0.2) is 36.8 Å². The van der Waals surface area contributed by atoms with Gasteiger partial charge in [0.1, 0.15) is 0 Å². The number of fused-ring (bicyclic) bond motifs is 2. The number of ether oxygens (including phenoxy) is 2. The molecule has 3 rings (SSSR count). The van der Waals surface area contributed by atoms with Gasteiger partial charge in [-0.15, -0.1) is 0 Å². The second-order valence-electron chi connectivity index (χ2n) is 7.50. The molecule has 1 amide bonds. The molecule has 0 aliphatic carbocycles. The summed E-state index contributed by atoms with van der Waals surface area (Å²) in [4.78, 5) is 20.0. The Bertz CT molecular complexity index is 839. The van der Waals surface area contributed by atoms with Crippen LogP contribution in [0.5, 0.6) is 11.5 Å². The van der Waals surface area contributed by atoms with Crippen molar-refractivity contribution in [1.82, 2.24) is 4.90 Å². The van der Waals surface area contributed by atoms with Crippen LogP contribution < -0.4 is 9.47 Å². The molecular weight excluding hydrogens is 388 g/mol. The van der Waals surface area contributed by atoms with E-state index in [0.717, 1.165) is 31.4 Å². The third kappa shape index (κ3) is 5.57. The third-order valence-electron chi connectivity index (χ3n) is 5.53. The summed E-state index contributed by atoms with van der Waals surface area (Å²) >= 11 is 0. The maximum absolute atomic E-state index is 13.5. The maximum Gasteiger partial charge on any atom is 0.261 e. The first kappa shape index (κ1) is 24.7. The van der Waals surface area contributed by atoms with Crippen molar-refractivity contribution in [2.45, 2.75) is 79.2 Å². The van der Waals surface area contributed by atoms with Gasteiger partial charge in [-0.25, -0.2) is 0 Å². The number of amides is 1. The molecule has 0 saturated carbocycles. The number of hydrogen-bond donors (Lipinski definition) is 0. The zero-order valence-corrected chi connectivity index (χ0v) is 20.0. The first-order chi connectivity index (χ1) is 15.1. The molecule has 0 bridgehead atoms. The molecule has 0 saturated heterocycles. The van der Waals surface area contributed by atoms with Crippen molar-refractivity contribution in [3.63, 3.8) is 0 Å². The number of methoxy groups -OCH3 is 1. The Morgan fingerprint density at radius 2 is 1.94 bits per heavy atom. The number of hydrogen-bond acceptors (Lipinski definition) is 4. The van der Waals surface area contributed by atoms with Crippen molar-refractivity contribution < 1.29 is 14.3 Å². The Hall–Kier alpha value is -2.56. The molecule has 1 atom stereocenters. The van der Waals surface area contributed by atoms with E-state index in [1.54, 1.807) is 13.2 Å². The highest BCUT2D eigenvalue weighted by molar-refractivity contribution is 6.05. The lowest BCUT2D eigenvalue weighted by Crippen LogP contribution is -2.35. The number of carbonyl (C=O) groups excluding carboxylic acids is 1. The number of nitrogens with zero attached hydrogens (tertiary/aromatic N) is 2. The molecule has 2 aliphatic rings. The minimum atomic E-state index is -0.0412. The Morgan fingerprint density at radius 1 is 1.16 bits per heavy atom. The summed E-state index contributed by atoms with van der Waals surface area (Å²) in [5.74, 6) is 1.19. The molecule has 0 fully saturated rings. The van der Waals surface area contributed by atoms with Crippen LogP contribution in [0.4, 0.5) is 5.69 Å². The van der Waals surface area contributed by atoms with Gasteiger partial charge in [-0.3, -0.25) is 14.7 Å². The zero-order valence-electron chi connectivity index (χ0n) is 20.0. The molecule has 31 heavy (non-hydrogen) atoms. The van der Waals surface area contributed by atoms with Gasteiger partial charge in [0.05, 0.1) is 31.0 Å². The van der Waals surface area contributed by atoms with Gasteiger partial charge in [-0.05, 0) is 43.9 Å². The number of aliphatic imine (C=N–C) groups is 1. The molecular formula is C26H38N2O3. The normalized spacial score (nSPS) is 17.3. The summed E-state index contributed by atoms with van der Waals surface area (Å²) in [6, 6.07) is 3.57. The highest BCUT2D eigenvalue weighted by atomic mass is 16.5. The van der Waals surface area contributed by atoms with E-state index >= 15 is 0 Å². The molecule has 1 aromatic carbocycles. The molecule has 0 radical (unpaired) electrons. The average Bonchev–Trinajstić information content (AvgIpc) is 3.09. The topological polar surface area (TPSA) is 51.1 Å². The minimum Gasteiger partial charge on any atom is -0.493 e. The van der Waals surface area contributed by atoms with Crippen LogP contribution in [0.3, 0.4) is 0 Å². The van der Waals surface area contributed by atoms with Gasteiger partial charge in [0.25, 0.3) is 5.91 Å². The largest absolute Gasteiger partial charge is 0.493 e. The lowest BCUT2D eigenvalue weighted by Gasteiger charge is -2.23. The molecule has 2 heterocycles. The number of allylic oxidation sites excluding steroid dienone is 2. The molecule has 0 N–H and O–H groups in total. The highest BCUT2D eigenvalue weighted by Gasteiger charge is 2.36. The number of unbranched alkanes of at least 4 members (excludes halogenated alkanes) is 3. The standard InChI is InChI=1S/C24H32N2O3.C2H6/c1-5-8-9-10-12-29-23-15-20-19(14-22(23)28-4)24(27)26-18(16-25-20)13-17(7-3)21(26)11-6-2;1-2/h6,11,14-16,18H,5,7-10,12-13H2,1-4H3;1-2H3/b11-6-;/t18-;/m0./s1. The Balaban J connectivity index is 0.00000166. The van der Waals surface area contributed by atoms with Crippen LogP contribution in [-0.2, 0) is 0 Å². The fourth-order valence-corrected chi connectivity index (χ4v) is 3.96. The summed E-state index contributed by atoms with van der Waals surface area (Å²) in [5, 5.41) is 0. The molecule has 2 aliphatic heterocycles. The molecule has 5 heteroatoms. The number of carbonyl (C=O) groups is 1. The molecule has 1 aromatic rings. The number of rotatable bonds is 9. The minimum absolute atomic E-state index is 0.0353. The molecule has 0 spiro atoms. The quantitative estimate of drug-likeness (QED) is 0.406. The summed E-state index contributed by atoms with van der Waals surface area (Å²) in [6.07, 6.45) is 12.2. The molecule has 0 aromatic heterocycles. The lowest BCUT2D eigenvalue weighted by atomic mass is 10.1. The summed E-state index contributed by atoms with van der Waals surface area (Å²) in [6.45, 7) is 10.9. The SMILES string of the molecule is C/C=C\C1=C(CC)C[C@H]2C=Nc3cc(OCCCCCC)c(OC)cc3C(=O)N12.CC. The van der Waals surface area contributed by atoms with E-state index in [2.05, 4.69) is 18.8 Å². The fourth-order valence-electron chi connectivity index (χ4n) is 3.96. The van der Waals surface area contributed by atoms with Gasteiger partial charge in [-0.2, -0.15) is 0 Å². The van der Waals surface area contributed by atoms with E-state index in [9.17, 15) is 4.79 Å². The van der Waals surface area contributed by atoms with E-state index in [-0.39, 0.29) is 11.9 Å². The smallest absolute Gasteiger partial charge is 0.261 e.